The molecule has 0 N–H and O–H groups in total. The standard InChI is InChI=1S/C16H11Cl3/c17-8-5-6-11-12(7-8)14-10-4-2-1-3-9(10)13(11)15(18)16(14)19/h1-7,13-16H. The maximum absolute atomic E-state index is 6.60. The van der Waals surface area contributed by atoms with Gasteiger partial charge in [0.15, 0.2) is 0 Å². The molecule has 5 rings (SSSR count). The van der Waals surface area contributed by atoms with Crippen molar-refractivity contribution in [2.24, 2.45) is 0 Å². The minimum absolute atomic E-state index is 0.0600. The number of alkyl halides is 2. The number of hydrogen-bond acceptors (Lipinski definition) is 0. The van der Waals surface area contributed by atoms with Crippen molar-refractivity contribution in [1.82, 2.24) is 0 Å². The zero-order valence-electron chi connectivity index (χ0n) is 9.98. The third kappa shape index (κ3) is 1.54. The van der Waals surface area contributed by atoms with Crippen LogP contribution >= 0.6 is 34.8 Å². The molecule has 3 aliphatic carbocycles. The summed E-state index contributed by atoms with van der Waals surface area (Å²) >= 11 is 19.3. The minimum atomic E-state index is -0.0764. The van der Waals surface area contributed by atoms with Gasteiger partial charge in [-0.05, 0) is 34.4 Å². The molecule has 0 amide bonds. The summed E-state index contributed by atoms with van der Waals surface area (Å²) in [5.74, 6) is 0.330. The Morgan fingerprint density at radius 1 is 0.684 bits per heavy atom. The van der Waals surface area contributed by atoms with E-state index in [9.17, 15) is 0 Å². The van der Waals surface area contributed by atoms with Gasteiger partial charge in [-0.15, -0.1) is 23.2 Å². The molecule has 0 saturated carbocycles. The predicted octanol–water partition coefficient (Wildman–Crippen LogP) is 5.15. The molecule has 3 heteroatoms. The fraction of sp³-hybridized carbons (Fsp3) is 0.250. The summed E-state index contributed by atoms with van der Waals surface area (Å²) in [6.07, 6.45) is 0. The van der Waals surface area contributed by atoms with Crippen LogP contribution in [0.1, 0.15) is 34.1 Å². The molecule has 2 aromatic rings. The quantitative estimate of drug-likeness (QED) is 0.591. The lowest BCUT2D eigenvalue weighted by molar-refractivity contribution is 0.535. The zero-order chi connectivity index (χ0) is 13.1. The summed E-state index contributed by atoms with van der Waals surface area (Å²) < 4.78 is 0. The fourth-order valence-electron chi connectivity index (χ4n) is 3.56. The number of fused-ring (bicyclic) bond motifs is 1. The van der Waals surface area contributed by atoms with Gasteiger partial charge >= 0.3 is 0 Å². The van der Waals surface area contributed by atoms with E-state index in [1.165, 1.54) is 22.3 Å². The molecule has 4 atom stereocenters. The van der Waals surface area contributed by atoms with Gasteiger partial charge in [-0.1, -0.05) is 41.9 Å². The molecule has 2 bridgehead atoms. The van der Waals surface area contributed by atoms with Crippen molar-refractivity contribution < 1.29 is 0 Å². The summed E-state index contributed by atoms with van der Waals surface area (Å²) in [6.45, 7) is 0. The van der Waals surface area contributed by atoms with Crippen LogP contribution in [-0.2, 0) is 0 Å². The van der Waals surface area contributed by atoms with Crippen LogP contribution in [0, 0.1) is 0 Å². The van der Waals surface area contributed by atoms with Crippen molar-refractivity contribution in [3.05, 3.63) is 69.7 Å². The number of rotatable bonds is 0. The smallest absolute Gasteiger partial charge is 0.0618 e. The third-order valence-electron chi connectivity index (χ3n) is 4.33. The molecule has 0 heterocycles. The van der Waals surface area contributed by atoms with Crippen molar-refractivity contribution in [1.29, 1.82) is 0 Å². The molecular weight excluding hydrogens is 299 g/mol. The average Bonchev–Trinajstić information content (AvgIpc) is 2.42. The third-order valence-corrected chi connectivity index (χ3v) is 5.74. The first-order chi connectivity index (χ1) is 9.18. The molecule has 3 aliphatic rings. The van der Waals surface area contributed by atoms with E-state index >= 15 is 0 Å². The van der Waals surface area contributed by atoms with Crippen LogP contribution in [-0.4, -0.2) is 10.8 Å². The Kier molecular flexibility index (Phi) is 2.64. The molecule has 0 fully saturated rings. The second-order valence-electron chi connectivity index (χ2n) is 5.25. The molecule has 4 unspecified atom stereocenters. The molecule has 96 valence electrons. The second kappa shape index (κ2) is 4.15. The van der Waals surface area contributed by atoms with Crippen LogP contribution in [0.2, 0.25) is 5.02 Å². The summed E-state index contributed by atoms with van der Waals surface area (Å²) in [6, 6.07) is 14.6. The van der Waals surface area contributed by atoms with E-state index in [0.29, 0.717) is 0 Å². The molecule has 19 heavy (non-hydrogen) atoms. The Morgan fingerprint density at radius 3 is 1.84 bits per heavy atom. The zero-order valence-corrected chi connectivity index (χ0v) is 12.3. The lowest BCUT2D eigenvalue weighted by atomic mass is 9.63. The Balaban J connectivity index is 2.05. The van der Waals surface area contributed by atoms with E-state index in [4.69, 9.17) is 34.8 Å². The first-order valence-electron chi connectivity index (χ1n) is 6.35. The highest BCUT2D eigenvalue weighted by Crippen LogP contribution is 2.56. The monoisotopic (exact) mass is 308 g/mol. The van der Waals surface area contributed by atoms with Crippen LogP contribution in [0.5, 0.6) is 0 Å². The highest BCUT2D eigenvalue weighted by Gasteiger charge is 2.48. The summed E-state index contributed by atoms with van der Waals surface area (Å²) in [5, 5.41) is 0.626. The highest BCUT2D eigenvalue weighted by atomic mass is 35.5. The van der Waals surface area contributed by atoms with E-state index in [1.807, 2.05) is 12.1 Å². The van der Waals surface area contributed by atoms with Crippen LogP contribution in [0.25, 0.3) is 0 Å². The second-order valence-corrected chi connectivity index (χ2v) is 6.69. The number of hydrogen-bond donors (Lipinski definition) is 0. The molecule has 0 aromatic heterocycles. The molecule has 2 aromatic carbocycles. The van der Waals surface area contributed by atoms with Crippen molar-refractivity contribution in [2.45, 2.75) is 22.6 Å². The predicted molar refractivity (Wildman–Crippen MR) is 80.9 cm³/mol. The Labute approximate surface area is 127 Å². The van der Waals surface area contributed by atoms with E-state index < -0.39 is 0 Å². The van der Waals surface area contributed by atoms with E-state index in [1.54, 1.807) is 0 Å². The first-order valence-corrected chi connectivity index (χ1v) is 7.60. The Hall–Kier alpha value is -0.690. The molecule has 0 spiro atoms. The lowest BCUT2D eigenvalue weighted by Crippen LogP contribution is -2.41. The fourth-order valence-corrected chi connectivity index (χ4v) is 4.58. The lowest BCUT2D eigenvalue weighted by Gasteiger charge is -2.46. The van der Waals surface area contributed by atoms with E-state index in [2.05, 4.69) is 30.3 Å². The van der Waals surface area contributed by atoms with Crippen LogP contribution in [0.4, 0.5) is 0 Å². The average molecular weight is 310 g/mol. The minimum Gasteiger partial charge on any atom is -0.120 e. The van der Waals surface area contributed by atoms with Crippen molar-refractivity contribution >= 4 is 34.8 Å². The van der Waals surface area contributed by atoms with Gasteiger partial charge in [-0.2, -0.15) is 0 Å². The molecule has 0 aliphatic heterocycles. The first kappa shape index (κ1) is 12.1. The highest BCUT2D eigenvalue weighted by molar-refractivity contribution is 6.32. The van der Waals surface area contributed by atoms with Gasteiger partial charge in [0, 0.05) is 16.9 Å². The molecule has 0 saturated heterocycles. The van der Waals surface area contributed by atoms with Crippen LogP contribution in [0.15, 0.2) is 42.5 Å². The number of halogens is 3. The molecule has 0 nitrogen and oxygen atoms in total. The van der Waals surface area contributed by atoms with Crippen LogP contribution < -0.4 is 0 Å². The van der Waals surface area contributed by atoms with E-state index in [0.717, 1.165) is 5.02 Å². The molecular formula is C16H11Cl3. The van der Waals surface area contributed by atoms with Gasteiger partial charge in [-0.3, -0.25) is 0 Å². The normalized spacial score (nSPS) is 30.9. The van der Waals surface area contributed by atoms with Gasteiger partial charge in [0.05, 0.1) is 10.8 Å². The SMILES string of the molecule is Clc1ccc2c(c1)C1c3ccccc3C2C(Cl)C1Cl. The van der Waals surface area contributed by atoms with Gasteiger partial charge in [0.25, 0.3) is 0 Å². The van der Waals surface area contributed by atoms with Gasteiger partial charge in [0.1, 0.15) is 0 Å². The van der Waals surface area contributed by atoms with Crippen molar-refractivity contribution in [3.63, 3.8) is 0 Å². The Morgan fingerprint density at radius 2 is 1.21 bits per heavy atom. The van der Waals surface area contributed by atoms with Crippen molar-refractivity contribution in [2.75, 3.05) is 0 Å². The van der Waals surface area contributed by atoms with E-state index in [-0.39, 0.29) is 22.6 Å². The maximum atomic E-state index is 6.60. The summed E-state index contributed by atoms with van der Waals surface area (Å²) in [7, 11) is 0. The van der Waals surface area contributed by atoms with Gasteiger partial charge < -0.3 is 0 Å². The maximum Gasteiger partial charge on any atom is 0.0618 e. The number of benzene rings is 2. The van der Waals surface area contributed by atoms with Gasteiger partial charge in [0.2, 0.25) is 0 Å². The van der Waals surface area contributed by atoms with Crippen molar-refractivity contribution in [3.8, 4) is 0 Å². The summed E-state index contributed by atoms with van der Waals surface area (Å²) in [4.78, 5) is 0. The van der Waals surface area contributed by atoms with Crippen LogP contribution in [0.3, 0.4) is 0 Å². The summed E-state index contributed by atoms with van der Waals surface area (Å²) in [5.41, 5.74) is 5.15. The Bertz CT molecular complexity index is 665. The molecule has 0 radical (unpaired) electrons. The van der Waals surface area contributed by atoms with Gasteiger partial charge in [-0.25, -0.2) is 0 Å². The topological polar surface area (TPSA) is 0 Å². The largest absolute Gasteiger partial charge is 0.120 e.